The normalized spacial score (nSPS) is 10.9. The first-order valence-electron chi connectivity index (χ1n) is 5.00. The van der Waals surface area contributed by atoms with Gasteiger partial charge in [-0.15, -0.1) is 12.4 Å². The lowest BCUT2D eigenvalue weighted by Crippen LogP contribution is -2.18. The van der Waals surface area contributed by atoms with Gasteiger partial charge in [-0.25, -0.2) is 0 Å². The van der Waals surface area contributed by atoms with Crippen LogP contribution in [0.3, 0.4) is 0 Å². The molecule has 3 N–H and O–H groups in total. The third-order valence-electron chi connectivity index (χ3n) is 1.87. The molecular weight excluding hydrogens is 273 g/mol. The second-order valence-electron chi connectivity index (χ2n) is 3.48. The smallest absolute Gasteiger partial charge is 0.330 e. The van der Waals surface area contributed by atoms with E-state index in [9.17, 15) is 18.0 Å². The molecule has 1 heterocycles. The molecule has 0 fully saturated rings. The molecule has 1 aromatic heterocycles. The number of hydrogen-bond acceptors (Lipinski definition) is 3. The number of alkyl halides is 3. The van der Waals surface area contributed by atoms with Crippen molar-refractivity contribution in [1.82, 2.24) is 9.78 Å². The Kier molecular flexibility index (Phi) is 6.71. The van der Waals surface area contributed by atoms with Crippen molar-refractivity contribution in [2.24, 2.45) is 5.73 Å². The Morgan fingerprint density at radius 2 is 2.17 bits per heavy atom. The van der Waals surface area contributed by atoms with E-state index in [4.69, 9.17) is 5.73 Å². The summed E-state index contributed by atoms with van der Waals surface area (Å²) in [6.07, 6.45) is -1.25. The fraction of sp³-hybridized carbons (Fsp3) is 0.556. The van der Waals surface area contributed by atoms with Gasteiger partial charge in [0.15, 0.2) is 0 Å². The minimum atomic E-state index is -4.33. The van der Waals surface area contributed by atoms with E-state index in [1.54, 1.807) is 0 Å². The van der Waals surface area contributed by atoms with Gasteiger partial charge >= 0.3 is 6.18 Å². The van der Waals surface area contributed by atoms with E-state index < -0.39 is 12.7 Å². The van der Waals surface area contributed by atoms with Crippen molar-refractivity contribution in [3.8, 4) is 0 Å². The number of aromatic nitrogens is 2. The highest BCUT2D eigenvalue weighted by molar-refractivity contribution is 5.90. The standard InChI is InChI=1S/C9H13F3N4O.ClH/c10-9(11,12)6-16-5-7(4-14-16)15-8(17)2-1-3-13;/h4-5H,1-3,6,13H2,(H,15,17);1H. The van der Waals surface area contributed by atoms with Crippen LogP contribution >= 0.6 is 12.4 Å². The molecule has 0 saturated heterocycles. The van der Waals surface area contributed by atoms with Crippen LogP contribution in [0.15, 0.2) is 12.4 Å². The van der Waals surface area contributed by atoms with Crippen molar-refractivity contribution in [3.05, 3.63) is 12.4 Å². The summed E-state index contributed by atoms with van der Waals surface area (Å²) < 4.78 is 36.8. The monoisotopic (exact) mass is 286 g/mol. The number of nitrogens with zero attached hydrogens (tertiary/aromatic N) is 2. The fourth-order valence-electron chi connectivity index (χ4n) is 1.18. The van der Waals surface area contributed by atoms with Crippen LogP contribution < -0.4 is 11.1 Å². The van der Waals surface area contributed by atoms with E-state index in [2.05, 4.69) is 10.4 Å². The third-order valence-corrected chi connectivity index (χ3v) is 1.87. The fourth-order valence-corrected chi connectivity index (χ4v) is 1.18. The summed E-state index contributed by atoms with van der Waals surface area (Å²) in [6.45, 7) is -0.785. The lowest BCUT2D eigenvalue weighted by molar-refractivity contribution is -0.142. The topological polar surface area (TPSA) is 72.9 Å². The Morgan fingerprint density at radius 3 is 2.72 bits per heavy atom. The highest BCUT2D eigenvalue weighted by Crippen LogP contribution is 2.18. The zero-order valence-corrected chi connectivity index (χ0v) is 10.2. The number of nitrogens with one attached hydrogen (secondary N) is 1. The Bertz CT molecular complexity index is 380. The molecule has 0 bridgehead atoms. The summed E-state index contributed by atoms with van der Waals surface area (Å²) in [5.41, 5.74) is 5.47. The zero-order chi connectivity index (χ0) is 12.9. The molecular formula is C9H14ClF3N4O. The molecule has 0 unspecified atom stereocenters. The number of rotatable bonds is 5. The van der Waals surface area contributed by atoms with Gasteiger partial charge < -0.3 is 11.1 Å². The molecule has 9 heteroatoms. The largest absolute Gasteiger partial charge is 0.408 e. The highest BCUT2D eigenvalue weighted by atomic mass is 35.5. The van der Waals surface area contributed by atoms with Gasteiger partial charge in [0.1, 0.15) is 6.54 Å². The van der Waals surface area contributed by atoms with Gasteiger partial charge in [0, 0.05) is 12.6 Å². The maximum atomic E-state index is 12.0. The number of halogens is 4. The molecule has 0 aromatic carbocycles. The number of carbonyl (C=O) groups excluding carboxylic acids is 1. The van der Waals surface area contributed by atoms with E-state index in [0.717, 1.165) is 10.9 Å². The predicted octanol–water partition coefficient (Wildman–Crippen LogP) is 1.54. The number of anilines is 1. The number of hydrogen-bond donors (Lipinski definition) is 2. The molecule has 0 aliphatic carbocycles. The number of nitrogens with two attached hydrogens (primary N) is 1. The van der Waals surface area contributed by atoms with Crippen molar-refractivity contribution >= 4 is 24.0 Å². The molecule has 1 aromatic rings. The lowest BCUT2D eigenvalue weighted by Gasteiger charge is -2.05. The summed E-state index contributed by atoms with van der Waals surface area (Å²) in [4.78, 5) is 11.2. The Morgan fingerprint density at radius 1 is 1.50 bits per heavy atom. The van der Waals surface area contributed by atoms with Crippen LogP contribution in [0.25, 0.3) is 0 Å². The van der Waals surface area contributed by atoms with Crippen molar-refractivity contribution in [2.75, 3.05) is 11.9 Å². The minimum Gasteiger partial charge on any atom is -0.330 e. The van der Waals surface area contributed by atoms with Crippen LogP contribution in [0.5, 0.6) is 0 Å². The van der Waals surface area contributed by atoms with E-state index in [1.165, 1.54) is 6.20 Å². The first kappa shape index (κ1) is 16.7. The molecule has 1 amide bonds. The Balaban J connectivity index is 0.00000289. The molecule has 18 heavy (non-hydrogen) atoms. The Hall–Kier alpha value is -1.28. The predicted molar refractivity (Wildman–Crippen MR) is 62.4 cm³/mol. The summed E-state index contributed by atoms with van der Waals surface area (Å²) in [7, 11) is 0. The second-order valence-corrected chi connectivity index (χ2v) is 3.48. The minimum absolute atomic E-state index is 0. The van der Waals surface area contributed by atoms with Crippen molar-refractivity contribution in [1.29, 1.82) is 0 Å². The van der Waals surface area contributed by atoms with Gasteiger partial charge in [-0.3, -0.25) is 9.48 Å². The van der Waals surface area contributed by atoms with Crippen LogP contribution in [0.4, 0.5) is 18.9 Å². The first-order valence-corrected chi connectivity index (χ1v) is 5.00. The molecule has 0 atom stereocenters. The zero-order valence-electron chi connectivity index (χ0n) is 9.41. The summed E-state index contributed by atoms with van der Waals surface area (Å²) in [6, 6.07) is 0. The van der Waals surface area contributed by atoms with Gasteiger partial charge in [-0.05, 0) is 13.0 Å². The third kappa shape index (κ3) is 6.45. The second kappa shape index (κ2) is 7.22. The lowest BCUT2D eigenvalue weighted by atomic mass is 10.3. The molecule has 0 saturated carbocycles. The van der Waals surface area contributed by atoms with Crippen LogP contribution in [0.2, 0.25) is 0 Å². The summed E-state index contributed by atoms with van der Waals surface area (Å²) in [5, 5.41) is 5.93. The van der Waals surface area contributed by atoms with E-state index >= 15 is 0 Å². The molecule has 0 spiro atoms. The molecule has 0 radical (unpaired) electrons. The van der Waals surface area contributed by atoms with Crippen LogP contribution in [-0.2, 0) is 11.3 Å². The number of carbonyl (C=O) groups is 1. The molecule has 5 nitrogen and oxygen atoms in total. The van der Waals surface area contributed by atoms with Gasteiger partial charge in [0.2, 0.25) is 5.91 Å². The van der Waals surface area contributed by atoms with Gasteiger partial charge in [0.25, 0.3) is 0 Å². The Labute approximate surface area is 108 Å². The highest BCUT2D eigenvalue weighted by Gasteiger charge is 2.28. The van der Waals surface area contributed by atoms with Crippen LogP contribution in [0.1, 0.15) is 12.8 Å². The first-order chi connectivity index (χ1) is 7.90. The van der Waals surface area contributed by atoms with Crippen LogP contribution in [0, 0.1) is 0 Å². The van der Waals surface area contributed by atoms with E-state index in [-0.39, 0.29) is 30.4 Å². The molecule has 0 aliphatic heterocycles. The number of amides is 1. The van der Waals surface area contributed by atoms with Crippen molar-refractivity contribution in [2.45, 2.75) is 25.6 Å². The van der Waals surface area contributed by atoms with E-state index in [0.29, 0.717) is 13.0 Å². The van der Waals surface area contributed by atoms with Gasteiger partial charge in [-0.2, -0.15) is 18.3 Å². The van der Waals surface area contributed by atoms with Gasteiger partial charge in [-0.1, -0.05) is 0 Å². The average molecular weight is 287 g/mol. The average Bonchev–Trinajstić information content (AvgIpc) is 2.59. The van der Waals surface area contributed by atoms with E-state index in [1.807, 2.05) is 0 Å². The molecule has 1 rings (SSSR count). The van der Waals surface area contributed by atoms with Crippen molar-refractivity contribution < 1.29 is 18.0 Å². The van der Waals surface area contributed by atoms with Gasteiger partial charge in [0.05, 0.1) is 11.9 Å². The molecule has 0 aliphatic rings. The summed E-state index contributed by atoms with van der Waals surface area (Å²) in [5.74, 6) is -0.290. The molecule has 104 valence electrons. The maximum absolute atomic E-state index is 12.0. The maximum Gasteiger partial charge on any atom is 0.408 e. The summed E-state index contributed by atoms with van der Waals surface area (Å²) >= 11 is 0. The SMILES string of the molecule is Cl.NCCCC(=O)Nc1cnn(CC(F)(F)F)c1. The van der Waals surface area contributed by atoms with Crippen molar-refractivity contribution in [3.63, 3.8) is 0 Å². The quantitative estimate of drug-likeness (QED) is 0.862. The van der Waals surface area contributed by atoms with Crippen LogP contribution in [-0.4, -0.2) is 28.4 Å².